The first-order chi connectivity index (χ1) is 16.4. The Morgan fingerprint density at radius 1 is 1.00 bits per heavy atom. The Kier molecular flexibility index (Phi) is 5.56. The van der Waals surface area contributed by atoms with Crippen LogP contribution in [0.25, 0.3) is 6.08 Å². The second-order valence-electron chi connectivity index (χ2n) is 9.38. The maximum absolute atomic E-state index is 12.6. The number of carbonyl (C=O) groups excluding carboxylic acids is 1. The van der Waals surface area contributed by atoms with Crippen molar-refractivity contribution < 1.29 is 14.3 Å². The van der Waals surface area contributed by atoms with Gasteiger partial charge in [0.2, 0.25) is 5.91 Å². The Morgan fingerprint density at radius 3 is 2.56 bits per heavy atom. The van der Waals surface area contributed by atoms with Crippen LogP contribution in [0.3, 0.4) is 0 Å². The van der Waals surface area contributed by atoms with Gasteiger partial charge < -0.3 is 19.7 Å². The van der Waals surface area contributed by atoms with Gasteiger partial charge in [0.05, 0.1) is 7.11 Å². The zero-order chi connectivity index (χ0) is 23.8. The number of benzene rings is 3. The van der Waals surface area contributed by atoms with Crippen LogP contribution in [0, 0.1) is 0 Å². The highest BCUT2D eigenvalue weighted by atomic mass is 16.5. The molecule has 0 bridgehead atoms. The molecule has 0 aromatic heterocycles. The van der Waals surface area contributed by atoms with Crippen molar-refractivity contribution in [1.29, 1.82) is 0 Å². The molecule has 34 heavy (non-hydrogen) atoms. The fraction of sp³-hybridized carbons (Fsp3) is 0.276. The van der Waals surface area contributed by atoms with E-state index in [4.69, 9.17) is 9.47 Å². The minimum atomic E-state index is -0.637. The molecule has 0 unspecified atom stereocenters. The molecule has 2 heterocycles. The van der Waals surface area contributed by atoms with Crippen LogP contribution in [0.5, 0.6) is 11.5 Å². The molecule has 174 valence electrons. The summed E-state index contributed by atoms with van der Waals surface area (Å²) in [6.07, 6.45) is 4.68. The van der Waals surface area contributed by atoms with E-state index in [1.54, 1.807) is 7.11 Å². The molecule has 3 aromatic carbocycles. The zero-order valence-electron chi connectivity index (χ0n) is 19.9. The van der Waals surface area contributed by atoms with Crippen molar-refractivity contribution in [2.75, 3.05) is 18.6 Å². The van der Waals surface area contributed by atoms with E-state index >= 15 is 0 Å². The van der Waals surface area contributed by atoms with Gasteiger partial charge in [0.15, 0.2) is 11.5 Å². The van der Waals surface area contributed by atoms with Gasteiger partial charge in [-0.25, -0.2) is 0 Å². The molecule has 3 aromatic rings. The largest absolute Gasteiger partial charge is 0.493 e. The normalized spacial score (nSPS) is 20.6. The third-order valence-corrected chi connectivity index (χ3v) is 7.08. The number of nitrogens with one attached hydrogen (secondary N) is 1. The van der Waals surface area contributed by atoms with Crippen molar-refractivity contribution in [3.8, 4) is 11.5 Å². The van der Waals surface area contributed by atoms with Crippen LogP contribution in [0.4, 0.5) is 5.69 Å². The van der Waals surface area contributed by atoms with Gasteiger partial charge >= 0.3 is 0 Å². The number of ether oxygens (including phenoxy) is 2. The first-order valence-corrected chi connectivity index (χ1v) is 11.7. The van der Waals surface area contributed by atoms with Gasteiger partial charge in [-0.3, -0.25) is 4.79 Å². The molecule has 1 fully saturated rings. The summed E-state index contributed by atoms with van der Waals surface area (Å²) in [5.41, 5.74) is 3.55. The number of hydrogen-bond donors (Lipinski definition) is 1. The van der Waals surface area contributed by atoms with Gasteiger partial charge in [-0.1, -0.05) is 74.5 Å². The Labute approximate surface area is 201 Å². The van der Waals surface area contributed by atoms with Crippen LogP contribution in [0.1, 0.15) is 37.0 Å². The average Bonchev–Trinajstić information content (AvgIpc) is 3.05. The monoisotopic (exact) mass is 454 g/mol. The van der Waals surface area contributed by atoms with E-state index < -0.39 is 5.66 Å². The zero-order valence-corrected chi connectivity index (χ0v) is 19.9. The fourth-order valence-corrected chi connectivity index (χ4v) is 5.18. The minimum absolute atomic E-state index is 0.0732. The Hall–Kier alpha value is -3.73. The molecule has 0 spiro atoms. The maximum atomic E-state index is 12.6. The summed E-state index contributed by atoms with van der Waals surface area (Å²) in [5.74, 6) is 1.45. The lowest BCUT2D eigenvalue weighted by atomic mass is 9.74. The number of anilines is 1. The van der Waals surface area contributed by atoms with Crippen molar-refractivity contribution >= 4 is 17.7 Å². The molecule has 1 amide bonds. The lowest BCUT2D eigenvalue weighted by molar-refractivity contribution is -0.124. The average molecular weight is 455 g/mol. The molecule has 5 nitrogen and oxygen atoms in total. The first kappa shape index (κ1) is 22.1. The molecular formula is C29H30N2O3. The van der Waals surface area contributed by atoms with Crippen LogP contribution in [0.15, 0.2) is 78.9 Å². The lowest BCUT2D eigenvalue weighted by Crippen LogP contribution is -2.68. The van der Waals surface area contributed by atoms with Gasteiger partial charge in [0.1, 0.15) is 12.3 Å². The number of nitrogens with zero attached hydrogens (tertiary/aromatic N) is 1. The summed E-state index contributed by atoms with van der Waals surface area (Å²) < 4.78 is 11.6. The van der Waals surface area contributed by atoms with E-state index in [1.807, 2.05) is 48.5 Å². The second kappa shape index (κ2) is 8.56. The van der Waals surface area contributed by atoms with Gasteiger partial charge in [-0.15, -0.1) is 0 Å². The summed E-state index contributed by atoms with van der Waals surface area (Å²) in [6, 6.07) is 24.4. The summed E-state index contributed by atoms with van der Waals surface area (Å²) >= 11 is 0. The Morgan fingerprint density at radius 2 is 1.76 bits per heavy atom. The van der Waals surface area contributed by atoms with Crippen LogP contribution in [0.2, 0.25) is 0 Å². The summed E-state index contributed by atoms with van der Waals surface area (Å²) in [5, 5.41) is 3.32. The van der Waals surface area contributed by atoms with Crippen molar-refractivity contribution in [1.82, 2.24) is 5.32 Å². The molecule has 0 radical (unpaired) electrons. The molecular weight excluding hydrogens is 424 g/mol. The smallest absolute Gasteiger partial charge is 0.223 e. The topological polar surface area (TPSA) is 50.8 Å². The number of fused-ring (bicyclic) bond motifs is 3. The number of hydrogen-bond acceptors (Lipinski definition) is 4. The van der Waals surface area contributed by atoms with Gasteiger partial charge in [0.25, 0.3) is 0 Å². The number of methoxy groups -OCH3 is 1. The molecule has 1 N–H and O–H groups in total. The number of amides is 1. The van der Waals surface area contributed by atoms with E-state index in [1.165, 1.54) is 11.3 Å². The molecule has 5 heteroatoms. The molecule has 1 saturated heterocycles. The molecule has 0 saturated carbocycles. The van der Waals surface area contributed by atoms with Crippen molar-refractivity contribution in [2.24, 2.45) is 0 Å². The van der Waals surface area contributed by atoms with Gasteiger partial charge in [0, 0.05) is 24.1 Å². The predicted molar refractivity (Wildman–Crippen MR) is 135 cm³/mol. The molecule has 2 aliphatic heterocycles. The van der Waals surface area contributed by atoms with Crippen LogP contribution in [-0.4, -0.2) is 25.2 Å². The molecule has 1 atom stereocenters. The van der Waals surface area contributed by atoms with Gasteiger partial charge in [-0.05, 0) is 41.0 Å². The number of carbonyl (C=O) groups is 1. The highest BCUT2D eigenvalue weighted by Crippen LogP contribution is 2.52. The van der Waals surface area contributed by atoms with Crippen molar-refractivity contribution in [2.45, 2.75) is 38.0 Å². The van der Waals surface area contributed by atoms with Crippen LogP contribution < -0.4 is 19.7 Å². The summed E-state index contributed by atoms with van der Waals surface area (Å²) in [7, 11) is 1.65. The molecule has 2 aliphatic rings. The quantitative estimate of drug-likeness (QED) is 0.549. The Bertz CT molecular complexity index is 1240. The van der Waals surface area contributed by atoms with E-state index in [0.29, 0.717) is 31.1 Å². The number of rotatable bonds is 6. The van der Waals surface area contributed by atoms with Crippen LogP contribution in [-0.2, 0) is 16.8 Å². The first-order valence-electron chi connectivity index (χ1n) is 11.7. The highest BCUT2D eigenvalue weighted by Gasteiger charge is 2.57. The third-order valence-electron chi connectivity index (χ3n) is 7.08. The van der Waals surface area contributed by atoms with E-state index in [9.17, 15) is 4.79 Å². The highest BCUT2D eigenvalue weighted by molar-refractivity contribution is 5.84. The predicted octanol–water partition coefficient (Wildman–Crippen LogP) is 5.30. The van der Waals surface area contributed by atoms with Crippen molar-refractivity contribution in [3.05, 3.63) is 95.6 Å². The standard InChI is InChI=1S/C29H30N2O3/c1-28(2)23-11-7-8-12-24(23)31-18-16-27(32)30-29(28,31)17-15-21-13-14-25(26(19-21)33-3)34-20-22-9-5-4-6-10-22/h4-15,17,19H,16,18,20H2,1-3H3,(H,30,32)/b17-15+/t29-/m1/s1. The van der Waals surface area contributed by atoms with E-state index in [-0.39, 0.29) is 11.3 Å². The molecule has 5 rings (SSSR count). The van der Waals surface area contributed by atoms with E-state index in [0.717, 1.165) is 11.1 Å². The SMILES string of the molecule is COc1cc(/C=C/[C@@]23NC(=O)CCN2c2ccccc2C3(C)C)ccc1OCc1ccccc1. The third kappa shape index (κ3) is 3.61. The molecule has 0 aliphatic carbocycles. The Balaban J connectivity index is 1.45. The minimum Gasteiger partial charge on any atom is -0.493 e. The van der Waals surface area contributed by atoms with Crippen molar-refractivity contribution in [3.63, 3.8) is 0 Å². The maximum Gasteiger partial charge on any atom is 0.223 e. The van der Waals surface area contributed by atoms with Gasteiger partial charge in [-0.2, -0.15) is 0 Å². The second-order valence-corrected chi connectivity index (χ2v) is 9.38. The van der Waals surface area contributed by atoms with Crippen LogP contribution >= 0.6 is 0 Å². The summed E-state index contributed by atoms with van der Waals surface area (Å²) in [4.78, 5) is 14.9. The fourth-order valence-electron chi connectivity index (χ4n) is 5.18. The summed E-state index contributed by atoms with van der Waals surface area (Å²) in [6.45, 7) is 5.56. The van der Waals surface area contributed by atoms with E-state index in [2.05, 4.69) is 60.5 Å². The number of para-hydroxylation sites is 1. The lowest BCUT2D eigenvalue weighted by Gasteiger charge is -2.49.